The van der Waals surface area contributed by atoms with Crippen molar-refractivity contribution in [2.45, 2.75) is 6.92 Å². The molecule has 1 heterocycles. The zero-order chi connectivity index (χ0) is 14.0. The summed E-state index contributed by atoms with van der Waals surface area (Å²) in [4.78, 5) is 24.3. The summed E-state index contributed by atoms with van der Waals surface area (Å²) in [7, 11) is 0. The number of nitrogen functional groups attached to an aromatic ring is 1. The summed E-state index contributed by atoms with van der Waals surface area (Å²) < 4.78 is 0. The van der Waals surface area contributed by atoms with Gasteiger partial charge in [-0.05, 0) is 18.1 Å². The largest absolute Gasteiger partial charge is 0.365 e. The van der Waals surface area contributed by atoms with E-state index in [-0.39, 0.29) is 10.4 Å². The minimum atomic E-state index is -0.631. The highest BCUT2D eigenvalue weighted by atomic mass is 32.1. The van der Waals surface area contributed by atoms with E-state index in [1.165, 1.54) is 11.3 Å². The third kappa shape index (κ3) is 2.35. The van der Waals surface area contributed by atoms with E-state index < -0.39 is 11.8 Å². The van der Waals surface area contributed by atoms with Gasteiger partial charge in [0.05, 0.1) is 5.56 Å². The van der Waals surface area contributed by atoms with Gasteiger partial charge >= 0.3 is 0 Å². The lowest BCUT2D eigenvalue weighted by Gasteiger charge is -2.02. The molecule has 98 valence electrons. The second-order valence-electron chi connectivity index (χ2n) is 3.96. The number of benzene rings is 1. The first kappa shape index (κ1) is 13.3. The van der Waals surface area contributed by atoms with Gasteiger partial charge in [-0.2, -0.15) is 0 Å². The third-order valence-corrected chi connectivity index (χ3v) is 4.12. The SMILES string of the molecule is Cc1c(-c2ccccc2)sc(C(N)=O)c1C(=O)NN. The van der Waals surface area contributed by atoms with Gasteiger partial charge < -0.3 is 5.73 Å². The number of rotatable bonds is 3. The lowest BCUT2D eigenvalue weighted by Crippen LogP contribution is -2.31. The van der Waals surface area contributed by atoms with Gasteiger partial charge in [-0.3, -0.25) is 15.0 Å². The Morgan fingerprint density at radius 1 is 1.21 bits per heavy atom. The van der Waals surface area contributed by atoms with Crippen LogP contribution in [-0.2, 0) is 0 Å². The summed E-state index contributed by atoms with van der Waals surface area (Å²) in [5.74, 6) is 4.00. The van der Waals surface area contributed by atoms with Crippen LogP contribution in [0.1, 0.15) is 25.6 Å². The van der Waals surface area contributed by atoms with Crippen molar-refractivity contribution in [3.8, 4) is 10.4 Å². The minimum absolute atomic E-state index is 0.222. The fourth-order valence-electron chi connectivity index (χ4n) is 1.90. The summed E-state index contributed by atoms with van der Waals surface area (Å²) in [5.41, 5.74) is 9.24. The van der Waals surface area contributed by atoms with Gasteiger partial charge in [0, 0.05) is 4.88 Å². The predicted octanol–water partition coefficient (Wildman–Crippen LogP) is 1.43. The number of nitrogens with two attached hydrogens (primary N) is 2. The highest BCUT2D eigenvalue weighted by Gasteiger charge is 2.24. The molecule has 19 heavy (non-hydrogen) atoms. The van der Waals surface area contributed by atoms with E-state index in [1.54, 1.807) is 6.92 Å². The summed E-state index contributed by atoms with van der Waals surface area (Å²) in [6, 6.07) is 9.50. The normalized spacial score (nSPS) is 10.2. The number of carbonyl (C=O) groups is 2. The van der Waals surface area contributed by atoms with Gasteiger partial charge in [0.2, 0.25) is 0 Å². The molecule has 0 aliphatic rings. The molecule has 5 N–H and O–H groups in total. The van der Waals surface area contributed by atoms with Gasteiger partial charge in [-0.25, -0.2) is 5.84 Å². The van der Waals surface area contributed by atoms with Crippen molar-refractivity contribution in [2.24, 2.45) is 11.6 Å². The summed E-state index contributed by atoms with van der Waals surface area (Å²) in [5, 5.41) is 0. The van der Waals surface area contributed by atoms with Gasteiger partial charge in [-0.15, -0.1) is 11.3 Å². The summed E-state index contributed by atoms with van der Waals surface area (Å²) in [6.45, 7) is 1.77. The monoisotopic (exact) mass is 275 g/mol. The van der Waals surface area contributed by atoms with Crippen molar-refractivity contribution in [3.63, 3.8) is 0 Å². The van der Waals surface area contributed by atoms with E-state index in [2.05, 4.69) is 0 Å². The van der Waals surface area contributed by atoms with Gasteiger partial charge in [0.25, 0.3) is 11.8 Å². The Morgan fingerprint density at radius 2 is 1.84 bits per heavy atom. The Balaban J connectivity index is 2.66. The number of hydrazine groups is 1. The van der Waals surface area contributed by atoms with E-state index in [1.807, 2.05) is 35.8 Å². The van der Waals surface area contributed by atoms with E-state index in [4.69, 9.17) is 11.6 Å². The molecule has 0 saturated carbocycles. The summed E-state index contributed by atoms with van der Waals surface area (Å²) in [6.07, 6.45) is 0. The van der Waals surface area contributed by atoms with Crippen LogP contribution in [0.3, 0.4) is 0 Å². The van der Waals surface area contributed by atoms with Crippen LogP contribution in [0.2, 0.25) is 0 Å². The number of nitrogens with one attached hydrogen (secondary N) is 1. The molecule has 2 rings (SSSR count). The third-order valence-electron chi connectivity index (χ3n) is 2.76. The quantitative estimate of drug-likeness (QED) is 0.449. The fraction of sp³-hybridized carbons (Fsp3) is 0.0769. The molecule has 1 aromatic heterocycles. The topological polar surface area (TPSA) is 98.2 Å². The first-order valence-corrected chi connectivity index (χ1v) is 6.37. The fourth-order valence-corrected chi connectivity index (χ4v) is 3.06. The van der Waals surface area contributed by atoms with E-state index >= 15 is 0 Å². The molecule has 1 aromatic carbocycles. The first-order valence-electron chi connectivity index (χ1n) is 5.55. The maximum absolute atomic E-state index is 11.8. The average Bonchev–Trinajstić information content (AvgIpc) is 2.77. The molecule has 0 atom stereocenters. The van der Waals surface area contributed by atoms with Crippen LogP contribution in [0.25, 0.3) is 10.4 Å². The molecule has 2 aromatic rings. The van der Waals surface area contributed by atoms with Crippen LogP contribution in [-0.4, -0.2) is 11.8 Å². The maximum Gasteiger partial charge on any atom is 0.267 e. The molecule has 0 fully saturated rings. The molecule has 0 spiro atoms. The zero-order valence-corrected chi connectivity index (χ0v) is 11.1. The van der Waals surface area contributed by atoms with Crippen molar-refractivity contribution in [3.05, 3.63) is 46.3 Å². The van der Waals surface area contributed by atoms with Crippen molar-refractivity contribution < 1.29 is 9.59 Å². The van der Waals surface area contributed by atoms with Crippen LogP contribution >= 0.6 is 11.3 Å². The molecule has 0 aliphatic heterocycles. The summed E-state index contributed by atoms with van der Waals surface area (Å²) >= 11 is 1.20. The molecule has 0 radical (unpaired) electrons. The zero-order valence-electron chi connectivity index (χ0n) is 10.3. The Bertz CT molecular complexity index is 635. The number of thiophene rings is 1. The molecule has 0 bridgehead atoms. The number of hydrogen-bond donors (Lipinski definition) is 3. The van der Waals surface area contributed by atoms with Crippen LogP contribution in [0.4, 0.5) is 0 Å². The van der Waals surface area contributed by atoms with Crippen LogP contribution in [0.5, 0.6) is 0 Å². The lowest BCUT2D eigenvalue weighted by atomic mass is 10.0. The number of hydrogen-bond acceptors (Lipinski definition) is 4. The first-order chi connectivity index (χ1) is 9.06. The minimum Gasteiger partial charge on any atom is -0.365 e. The Kier molecular flexibility index (Phi) is 3.64. The second kappa shape index (κ2) is 5.21. The van der Waals surface area contributed by atoms with E-state index in [0.29, 0.717) is 5.56 Å². The van der Waals surface area contributed by atoms with E-state index in [0.717, 1.165) is 10.4 Å². The molecule has 6 heteroatoms. The van der Waals surface area contributed by atoms with Gasteiger partial charge in [0.1, 0.15) is 4.88 Å². The lowest BCUT2D eigenvalue weighted by molar-refractivity contribution is 0.0938. The average molecular weight is 275 g/mol. The molecule has 0 saturated heterocycles. The number of primary amides is 1. The number of carbonyl (C=O) groups excluding carboxylic acids is 2. The van der Waals surface area contributed by atoms with Crippen LogP contribution < -0.4 is 17.0 Å². The van der Waals surface area contributed by atoms with Gasteiger partial charge in [-0.1, -0.05) is 30.3 Å². The molecular weight excluding hydrogens is 262 g/mol. The van der Waals surface area contributed by atoms with Crippen molar-refractivity contribution >= 4 is 23.2 Å². The maximum atomic E-state index is 11.8. The number of amides is 2. The molecule has 0 unspecified atom stereocenters. The highest BCUT2D eigenvalue weighted by molar-refractivity contribution is 7.18. The van der Waals surface area contributed by atoms with Gasteiger partial charge in [0.15, 0.2) is 0 Å². The Hall–Kier alpha value is -2.18. The Labute approximate surface area is 114 Å². The highest BCUT2D eigenvalue weighted by Crippen LogP contribution is 2.35. The van der Waals surface area contributed by atoms with E-state index in [9.17, 15) is 9.59 Å². The van der Waals surface area contributed by atoms with Crippen molar-refractivity contribution in [1.29, 1.82) is 0 Å². The van der Waals surface area contributed by atoms with Crippen molar-refractivity contribution in [2.75, 3.05) is 0 Å². The second-order valence-corrected chi connectivity index (χ2v) is 4.98. The molecule has 5 nitrogen and oxygen atoms in total. The standard InChI is InChI=1S/C13H13N3O2S/c1-7-9(13(18)16-15)11(12(14)17)19-10(7)8-5-3-2-4-6-8/h2-6H,15H2,1H3,(H2,14,17)(H,16,18). The Morgan fingerprint density at radius 3 is 2.37 bits per heavy atom. The van der Waals surface area contributed by atoms with Crippen LogP contribution in [0.15, 0.2) is 30.3 Å². The van der Waals surface area contributed by atoms with Crippen LogP contribution in [0, 0.1) is 6.92 Å². The van der Waals surface area contributed by atoms with Crippen molar-refractivity contribution in [1.82, 2.24) is 5.43 Å². The molecule has 2 amide bonds. The molecule has 0 aliphatic carbocycles. The predicted molar refractivity (Wildman–Crippen MR) is 74.7 cm³/mol. The molecular formula is C13H13N3O2S. The smallest absolute Gasteiger partial charge is 0.267 e.